The van der Waals surface area contributed by atoms with E-state index in [4.69, 9.17) is 4.74 Å². The Labute approximate surface area is 204 Å². The van der Waals surface area contributed by atoms with Gasteiger partial charge in [0.2, 0.25) is 0 Å². The van der Waals surface area contributed by atoms with Crippen LogP contribution in [0.4, 0.5) is 0 Å². The van der Waals surface area contributed by atoms with Crippen molar-refractivity contribution in [1.29, 1.82) is 0 Å². The highest BCUT2D eigenvalue weighted by molar-refractivity contribution is 5.94. The van der Waals surface area contributed by atoms with Gasteiger partial charge in [0, 0.05) is 30.3 Å². The molecule has 0 N–H and O–H groups in total. The largest absolute Gasteiger partial charge is 0.457 e. The van der Waals surface area contributed by atoms with Crippen LogP contribution in [0.1, 0.15) is 30.1 Å². The molecule has 0 bridgehead atoms. The van der Waals surface area contributed by atoms with E-state index in [9.17, 15) is 9.59 Å². The van der Waals surface area contributed by atoms with Gasteiger partial charge < -0.3 is 9.64 Å². The lowest BCUT2D eigenvalue weighted by Crippen LogP contribution is -2.38. The topological polar surface area (TPSA) is 64.4 Å². The maximum Gasteiger partial charge on any atom is 0.271 e. The average Bonchev–Trinajstić information content (AvgIpc) is 2.90. The van der Waals surface area contributed by atoms with E-state index in [0.29, 0.717) is 34.4 Å². The highest BCUT2D eigenvalue weighted by Crippen LogP contribution is 2.32. The SMILES string of the molecule is CC1CCN(C(=O)c2cccc(-n3nc(-c4ccccc4Oc4ccccc4)ccc3=O)c2)CC1. The second-order valence-corrected chi connectivity index (χ2v) is 8.90. The molecule has 1 aromatic heterocycles. The molecule has 5 rings (SSSR count). The zero-order valence-electron chi connectivity index (χ0n) is 19.6. The molecule has 1 fully saturated rings. The number of likely N-dealkylation sites (tertiary alicyclic amines) is 1. The first-order valence-corrected chi connectivity index (χ1v) is 11.9. The molecular formula is C29H27N3O3. The summed E-state index contributed by atoms with van der Waals surface area (Å²) in [5, 5.41) is 4.64. The minimum atomic E-state index is -0.272. The van der Waals surface area contributed by atoms with Gasteiger partial charge in [-0.1, -0.05) is 43.3 Å². The molecule has 6 heteroatoms. The first-order valence-electron chi connectivity index (χ1n) is 11.9. The Kier molecular flexibility index (Phi) is 6.44. The summed E-state index contributed by atoms with van der Waals surface area (Å²) in [5.41, 5.74) is 2.20. The number of para-hydroxylation sites is 2. The number of nitrogens with zero attached hydrogens (tertiary/aromatic N) is 3. The average molecular weight is 466 g/mol. The van der Waals surface area contributed by atoms with Crippen LogP contribution in [-0.2, 0) is 0 Å². The minimum Gasteiger partial charge on any atom is -0.457 e. The molecule has 0 atom stereocenters. The molecule has 2 heterocycles. The van der Waals surface area contributed by atoms with E-state index < -0.39 is 0 Å². The first kappa shape index (κ1) is 22.6. The second-order valence-electron chi connectivity index (χ2n) is 8.90. The molecule has 0 spiro atoms. The van der Waals surface area contributed by atoms with Crippen molar-refractivity contribution < 1.29 is 9.53 Å². The Morgan fingerprint density at radius 3 is 2.43 bits per heavy atom. The quantitative estimate of drug-likeness (QED) is 0.387. The second kappa shape index (κ2) is 9.97. The fraction of sp³-hybridized carbons (Fsp3) is 0.207. The van der Waals surface area contributed by atoms with E-state index in [1.165, 1.54) is 10.7 Å². The van der Waals surface area contributed by atoms with Crippen molar-refractivity contribution in [3.05, 3.63) is 107 Å². The lowest BCUT2D eigenvalue weighted by molar-refractivity contribution is 0.0697. The molecule has 35 heavy (non-hydrogen) atoms. The number of aromatic nitrogens is 2. The van der Waals surface area contributed by atoms with Gasteiger partial charge in [0.25, 0.3) is 11.5 Å². The van der Waals surface area contributed by atoms with Crippen LogP contribution >= 0.6 is 0 Å². The lowest BCUT2D eigenvalue weighted by Gasteiger charge is -2.30. The zero-order valence-corrected chi connectivity index (χ0v) is 19.6. The van der Waals surface area contributed by atoms with Crippen molar-refractivity contribution in [3.8, 4) is 28.4 Å². The first-order chi connectivity index (χ1) is 17.1. The van der Waals surface area contributed by atoms with Crippen LogP contribution in [0.5, 0.6) is 11.5 Å². The summed E-state index contributed by atoms with van der Waals surface area (Å²) in [6, 6.07) is 27.4. The summed E-state index contributed by atoms with van der Waals surface area (Å²) in [6.07, 6.45) is 2.03. The van der Waals surface area contributed by atoms with Crippen molar-refractivity contribution in [3.63, 3.8) is 0 Å². The van der Waals surface area contributed by atoms with Gasteiger partial charge in [-0.2, -0.15) is 9.78 Å². The lowest BCUT2D eigenvalue weighted by atomic mass is 9.98. The Balaban J connectivity index is 1.47. The third kappa shape index (κ3) is 5.01. The maximum absolute atomic E-state index is 13.1. The number of rotatable bonds is 5. The van der Waals surface area contributed by atoms with Gasteiger partial charge in [-0.15, -0.1) is 0 Å². The van der Waals surface area contributed by atoms with Crippen molar-refractivity contribution in [1.82, 2.24) is 14.7 Å². The van der Waals surface area contributed by atoms with Gasteiger partial charge in [-0.05, 0) is 67.3 Å². The number of ether oxygens (including phenoxy) is 1. The van der Waals surface area contributed by atoms with Crippen LogP contribution in [0.3, 0.4) is 0 Å². The molecule has 1 aliphatic rings. The number of piperidine rings is 1. The Morgan fingerprint density at radius 1 is 0.886 bits per heavy atom. The summed E-state index contributed by atoms with van der Waals surface area (Å²) >= 11 is 0. The molecule has 0 saturated carbocycles. The third-order valence-electron chi connectivity index (χ3n) is 6.34. The number of hydrogen-bond donors (Lipinski definition) is 0. The van der Waals surface area contributed by atoms with Crippen LogP contribution in [0.15, 0.2) is 95.8 Å². The molecule has 6 nitrogen and oxygen atoms in total. The number of benzene rings is 3. The Morgan fingerprint density at radius 2 is 1.63 bits per heavy atom. The van der Waals surface area contributed by atoms with E-state index in [2.05, 4.69) is 12.0 Å². The molecule has 0 radical (unpaired) electrons. The fourth-order valence-electron chi connectivity index (χ4n) is 4.29. The summed E-state index contributed by atoms with van der Waals surface area (Å²) in [7, 11) is 0. The maximum atomic E-state index is 13.1. The molecule has 176 valence electrons. The van der Waals surface area contributed by atoms with Crippen LogP contribution in [0.2, 0.25) is 0 Å². The summed E-state index contributed by atoms with van der Waals surface area (Å²) in [6.45, 7) is 3.74. The van der Waals surface area contributed by atoms with Crippen LogP contribution < -0.4 is 10.3 Å². The molecule has 1 saturated heterocycles. The fourth-order valence-corrected chi connectivity index (χ4v) is 4.29. The predicted molar refractivity (Wildman–Crippen MR) is 136 cm³/mol. The molecule has 1 aliphatic heterocycles. The number of hydrogen-bond acceptors (Lipinski definition) is 4. The van der Waals surface area contributed by atoms with Crippen LogP contribution in [-0.4, -0.2) is 33.7 Å². The number of carbonyl (C=O) groups excluding carboxylic acids is 1. The number of amides is 1. The molecule has 3 aromatic carbocycles. The van der Waals surface area contributed by atoms with Crippen LogP contribution in [0.25, 0.3) is 16.9 Å². The van der Waals surface area contributed by atoms with Gasteiger partial charge in [-0.3, -0.25) is 9.59 Å². The van der Waals surface area contributed by atoms with E-state index in [1.54, 1.807) is 30.3 Å². The van der Waals surface area contributed by atoms with Gasteiger partial charge >= 0.3 is 0 Å². The van der Waals surface area contributed by atoms with Gasteiger partial charge in [-0.25, -0.2) is 0 Å². The minimum absolute atomic E-state index is 0.00967. The van der Waals surface area contributed by atoms with E-state index in [1.807, 2.05) is 59.5 Å². The third-order valence-corrected chi connectivity index (χ3v) is 6.34. The molecular weight excluding hydrogens is 438 g/mol. The standard InChI is InChI=1S/C29H27N3O3/c1-21-16-18-31(19-17-21)29(34)22-8-7-9-23(20-22)32-28(33)15-14-26(30-32)25-12-5-6-13-27(25)35-24-10-3-2-4-11-24/h2-15,20-21H,16-19H2,1H3. The monoisotopic (exact) mass is 465 g/mol. The highest BCUT2D eigenvalue weighted by Gasteiger charge is 2.22. The summed E-state index contributed by atoms with van der Waals surface area (Å²) in [4.78, 5) is 27.7. The Hall–Kier alpha value is -4.19. The normalized spacial score (nSPS) is 14.0. The van der Waals surface area contributed by atoms with Crippen molar-refractivity contribution in [2.45, 2.75) is 19.8 Å². The van der Waals surface area contributed by atoms with Gasteiger partial charge in [0.15, 0.2) is 0 Å². The highest BCUT2D eigenvalue weighted by atomic mass is 16.5. The smallest absolute Gasteiger partial charge is 0.271 e. The molecule has 1 amide bonds. The van der Waals surface area contributed by atoms with Crippen molar-refractivity contribution >= 4 is 5.91 Å². The van der Waals surface area contributed by atoms with Crippen LogP contribution in [0, 0.1) is 5.92 Å². The van der Waals surface area contributed by atoms with E-state index in [-0.39, 0.29) is 11.5 Å². The number of carbonyl (C=O) groups is 1. The van der Waals surface area contributed by atoms with E-state index >= 15 is 0 Å². The Bertz CT molecular complexity index is 1390. The zero-order chi connectivity index (χ0) is 24.2. The van der Waals surface area contributed by atoms with E-state index in [0.717, 1.165) is 31.5 Å². The van der Waals surface area contributed by atoms with Gasteiger partial charge in [0.1, 0.15) is 11.5 Å². The predicted octanol–water partition coefficient (Wildman–Crippen LogP) is 5.56. The van der Waals surface area contributed by atoms with Crippen molar-refractivity contribution in [2.24, 2.45) is 5.92 Å². The summed E-state index contributed by atoms with van der Waals surface area (Å²) < 4.78 is 7.42. The summed E-state index contributed by atoms with van der Waals surface area (Å²) in [5.74, 6) is 1.99. The van der Waals surface area contributed by atoms with Crippen molar-refractivity contribution in [2.75, 3.05) is 13.1 Å². The van der Waals surface area contributed by atoms with Gasteiger partial charge in [0.05, 0.1) is 11.4 Å². The molecule has 4 aromatic rings. The molecule has 0 unspecified atom stereocenters. The molecule has 0 aliphatic carbocycles.